The van der Waals surface area contributed by atoms with Crippen molar-refractivity contribution in [1.82, 2.24) is 10.2 Å². The number of hydrogen-bond acceptors (Lipinski definition) is 9. The summed E-state index contributed by atoms with van der Waals surface area (Å²) < 4.78 is 9.52. The van der Waals surface area contributed by atoms with Crippen LogP contribution in [-0.4, -0.2) is 57.7 Å². The molecule has 3 atom stereocenters. The normalized spacial score (nSPS) is 23.9. The topological polar surface area (TPSA) is 128 Å². The van der Waals surface area contributed by atoms with Crippen molar-refractivity contribution in [2.75, 3.05) is 6.79 Å². The number of esters is 2. The fourth-order valence-electron chi connectivity index (χ4n) is 3.64. The van der Waals surface area contributed by atoms with Crippen molar-refractivity contribution in [3.63, 3.8) is 0 Å². The first-order chi connectivity index (χ1) is 14.9. The Morgan fingerprint density at radius 2 is 1.94 bits per heavy atom. The van der Waals surface area contributed by atoms with Crippen LogP contribution in [0.15, 0.2) is 11.4 Å². The van der Waals surface area contributed by atoms with Crippen LogP contribution in [0, 0.1) is 5.41 Å². The quantitative estimate of drug-likeness (QED) is 0.338. The van der Waals surface area contributed by atoms with E-state index in [4.69, 9.17) is 15.2 Å². The molecule has 2 aliphatic rings. The largest absolute Gasteiger partial charge is 0.427 e. The van der Waals surface area contributed by atoms with Gasteiger partial charge in [-0.2, -0.15) is 0 Å². The van der Waals surface area contributed by atoms with Crippen LogP contribution in [0.4, 0.5) is 0 Å². The molecule has 0 saturated carbocycles. The molecule has 2 amide bonds. The van der Waals surface area contributed by atoms with Crippen molar-refractivity contribution in [3.05, 3.63) is 21.9 Å². The number of amides is 2. The first-order valence-electron chi connectivity index (χ1n) is 10.3. The van der Waals surface area contributed by atoms with Crippen LogP contribution in [0.2, 0.25) is 0 Å². The van der Waals surface area contributed by atoms with E-state index in [1.807, 2.05) is 25.3 Å². The number of nitrogens with zero attached hydrogens (tertiary/aromatic N) is 1. The minimum Gasteiger partial charge on any atom is -0.427 e. The molecule has 3 rings (SSSR count). The summed E-state index contributed by atoms with van der Waals surface area (Å²) in [6, 6.07) is 0.339. The van der Waals surface area contributed by atoms with Gasteiger partial charge in [-0.1, -0.05) is 0 Å². The zero-order valence-electron chi connectivity index (χ0n) is 18.8. The lowest BCUT2D eigenvalue weighted by molar-refractivity contribution is -0.180. The van der Waals surface area contributed by atoms with Crippen LogP contribution in [-0.2, 0) is 41.6 Å². The van der Waals surface area contributed by atoms with E-state index in [2.05, 4.69) is 5.32 Å². The van der Waals surface area contributed by atoms with Crippen molar-refractivity contribution < 1.29 is 28.7 Å². The second-order valence-electron chi connectivity index (χ2n) is 9.32. The smallest absolute Gasteiger partial charge is 0.333 e. The Bertz CT molecular complexity index is 923. The molecule has 2 saturated heterocycles. The lowest BCUT2D eigenvalue weighted by Crippen LogP contribution is -2.70. The Kier molecular flexibility index (Phi) is 6.92. The van der Waals surface area contributed by atoms with E-state index < -0.39 is 41.0 Å². The molecule has 0 radical (unpaired) electrons. The molecule has 2 aliphatic heterocycles. The van der Waals surface area contributed by atoms with Gasteiger partial charge >= 0.3 is 11.9 Å². The van der Waals surface area contributed by atoms with Gasteiger partial charge in [0.1, 0.15) is 17.5 Å². The van der Waals surface area contributed by atoms with Crippen LogP contribution in [0.5, 0.6) is 0 Å². The number of nitrogens with two attached hydrogens (primary N) is 1. The number of thiophene rings is 1. The van der Waals surface area contributed by atoms with E-state index in [1.165, 1.54) is 28.0 Å². The fraction of sp³-hybridized carbons (Fsp3) is 0.619. The minimum absolute atomic E-state index is 0.152. The highest BCUT2D eigenvalue weighted by molar-refractivity contribution is 8.01. The third-order valence-electron chi connectivity index (χ3n) is 5.36. The van der Waals surface area contributed by atoms with Crippen molar-refractivity contribution in [2.45, 2.75) is 69.8 Å². The number of rotatable bonds is 7. The Morgan fingerprint density at radius 1 is 1.25 bits per heavy atom. The number of β-lactam (4-membered cyclic amide) rings is 1. The molecule has 3 heterocycles. The first-order valence-corrected chi connectivity index (χ1v) is 12.0. The molecule has 1 aromatic rings. The number of thioether (sulfide) groups is 1. The van der Waals surface area contributed by atoms with E-state index in [0.717, 1.165) is 10.4 Å². The first kappa shape index (κ1) is 24.5. The van der Waals surface area contributed by atoms with Crippen LogP contribution < -0.4 is 11.1 Å². The van der Waals surface area contributed by atoms with Gasteiger partial charge in [-0.15, -0.1) is 23.1 Å². The van der Waals surface area contributed by atoms with Gasteiger partial charge in [-0.3, -0.25) is 14.4 Å². The molecule has 0 unspecified atom stereocenters. The molecular formula is C21H29N3O6S2. The highest BCUT2D eigenvalue weighted by Gasteiger charge is 2.64. The van der Waals surface area contributed by atoms with E-state index >= 15 is 0 Å². The van der Waals surface area contributed by atoms with Gasteiger partial charge in [-0.25, -0.2) is 4.79 Å². The molecule has 0 bridgehead atoms. The van der Waals surface area contributed by atoms with Gasteiger partial charge < -0.3 is 25.4 Å². The Labute approximate surface area is 195 Å². The number of ether oxygens (including phenoxy) is 2. The van der Waals surface area contributed by atoms with E-state index in [0.29, 0.717) is 6.54 Å². The third kappa shape index (κ3) is 4.79. The maximum atomic E-state index is 12.8. The molecule has 11 heteroatoms. The minimum atomic E-state index is -0.840. The summed E-state index contributed by atoms with van der Waals surface area (Å²) >= 11 is 2.88. The number of hydrogen-bond donors (Lipinski definition) is 2. The van der Waals surface area contributed by atoms with Crippen molar-refractivity contribution >= 4 is 46.9 Å². The van der Waals surface area contributed by atoms with Crippen molar-refractivity contribution in [3.8, 4) is 0 Å². The van der Waals surface area contributed by atoms with Crippen molar-refractivity contribution in [2.24, 2.45) is 11.1 Å². The average molecular weight is 484 g/mol. The molecule has 9 nitrogen and oxygen atoms in total. The lowest BCUT2D eigenvalue weighted by atomic mass is 9.96. The highest BCUT2D eigenvalue weighted by Crippen LogP contribution is 2.51. The van der Waals surface area contributed by atoms with Gasteiger partial charge in [0, 0.05) is 16.2 Å². The second kappa shape index (κ2) is 9.03. The third-order valence-corrected chi connectivity index (χ3v) is 7.90. The highest BCUT2D eigenvalue weighted by atomic mass is 32.2. The molecule has 2 fully saturated rings. The van der Waals surface area contributed by atoms with Crippen LogP contribution in [0.3, 0.4) is 0 Å². The maximum absolute atomic E-state index is 12.8. The van der Waals surface area contributed by atoms with E-state index in [1.54, 1.807) is 20.8 Å². The van der Waals surface area contributed by atoms with Crippen LogP contribution >= 0.6 is 23.1 Å². The van der Waals surface area contributed by atoms with Gasteiger partial charge in [0.15, 0.2) is 0 Å². The van der Waals surface area contributed by atoms with Gasteiger partial charge in [-0.05, 0) is 51.6 Å². The zero-order chi connectivity index (χ0) is 23.8. The molecule has 0 aromatic carbocycles. The standard InChI is InChI=1S/C21H29N3O6S2/c1-20(2,3)19(28)30-10-29-18(27)15-21(4,5)32-17-14(16(26)24(15)17)23-13(25)8-12-11(9-22)6-7-31-12/h6-7,14-15,17H,8-10,22H2,1-5H3,(H,23,25)/t14-,15+,17-/m1/s1. The molecular weight excluding hydrogens is 454 g/mol. The molecule has 1 aromatic heterocycles. The summed E-state index contributed by atoms with van der Waals surface area (Å²) in [5, 5.41) is 4.31. The summed E-state index contributed by atoms with van der Waals surface area (Å²) in [7, 11) is 0. The number of carbonyl (C=O) groups excluding carboxylic acids is 4. The van der Waals surface area contributed by atoms with Crippen LogP contribution in [0.25, 0.3) is 0 Å². The molecule has 3 N–H and O–H groups in total. The summed E-state index contributed by atoms with van der Waals surface area (Å²) in [6.07, 6.45) is 0.152. The van der Waals surface area contributed by atoms with Gasteiger partial charge in [0.2, 0.25) is 18.6 Å². The monoisotopic (exact) mass is 483 g/mol. The number of carbonyl (C=O) groups is 4. The average Bonchev–Trinajstić information content (AvgIpc) is 3.24. The predicted molar refractivity (Wildman–Crippen MR) is 120 cm³/mol. The summed E-state index contributed by atoms with van der Waals surface area (Å²) in [5.41, 5.74) is 5.89. The Hall–Kier alpha value is -2.11. The molecule has 176 valence electrons. The number of fused-ring (bicyclic) bond motifs is 1. The van der Waals surface area contributed by atoms with Gasteiger partial charge in [0.05, 0.1) is 11.8 Å². The van der Waals surface area contributed by atoms with Crippen LogP contribution in [0.1, 0.15) is 45.1 Å². The molecule has 0 aliphatic carbocycles. The Balaban J connectivity index is 1.59. The summed E-state index contributed by atoms with van der Waals surface area (Å²) in [6.45, 7) is 8.61. The zero-order valence-corrected chi connectivity index (χ0v) is 20.4. The second-order valence-corrected chi connectivity index (χ2v) is 12.1. The Morgan fingerprint density at radius 3 is 2.56 bits per heavy atom. The predicted octanol–water partition coefficient (Wildman–Crippen LogP) is 1.39. The maximum Gasteiger partial charge on any atom is 0.333 e. The van der Waals surface area contributed by atoms with Crippen molar-refractivity contribution in [1.29, 1.82) is 0 Å². The molecule has 32 heavy (non-hydrogen) atoms. The van der Waals surface area contributed by atoms with E-state index in [-0.39, 0.29) is 23.6 Å². The van der Waals surface area contributed by atoms with E-state index in [9.17, 15) is 19.2 Å². The molecule has 0 spiro atoms. The number of nitrogens with one attached hydrogen (secondary N) is 1. The lowest BCUT2D eigenvalue weighted by Gasteiger charge is -2.43. The summed E-state index contributed by atoms with van der Waals surface area (Å²) in [4.78, 5) is 52.2. The SMILES string of the molecule is CC(C)(C)C(=O)OCOC(=O)[C@@H]1N2C(=O)[C@@H](NC(=O)Cc3sccc3CN)[C@H]2SC1(C)C. The fourth-order valence-corrected chi connectivity index (χ4v) is 6.17. The van der Waals surface area contributed by atoms with Gasteiger partial charge in [0.25, 0.3) is 0 Å². The summed E-state index contributed by atoms with van der Waals surface area (Å²) in [5.74, 6) is -1.73.